The number of hydrogen-bond acceptors (Lipinski definition) is 6. The summed E-state index contributed by atoms with van der Waals surface area (Å²) in [6.07, 6.45) is 3.37. The summed E-state index contributed by atoms with van der Waals surface area (Å²) in [5.41, 5.74) is 1.59. The molecule has 0 unspecified atom stereocenters. The minimum Gasteiger partial charge on any atom is -0.497 e. The highest BCUT2D eigenvalue weighted by molar-refractivity contribution is 8.01. The van der Waals surface area contributed by atoms with E-state index in [9.17, 15) is 4.79 Å². The average molecular weight is 371 g/mol. The second kappa shape index (κ2) is 8.13. The predicted molar refractivity (Wildman–Crippen MR) is 99.4 cm³/mol. The fraction of sp³-hybridized carbons (Fsp3) is 0.167. The minimum atomic E-state index is -0.103. The number of benzene rings is 1. The van der Waals surface area contributed by atoms with E-state index in [1.807, 2.05) is 43.3 Å². The molecule has 1 N–H and O–H groups in total. The maximum absolute atomic E-state index is 12.3. The topological polar surface area (TPSA) is 64.1 Å². The second-order valence-electron chi connectivity index (χ2n) is 5.23. The number of ether oxygens (including phenoxy) is 1. The minimum absolute atomic E-state index is 0.103. The molecule has 0 aliphatic carbocycles. The summed E-state index contributed by atoms with van der Waals surface area (Å²) in [7, 11) is 1.65. The average Bonchev–Trinajstić information content (AvgIpc) is 3.10. The molecule has 128 valence electrons. The first-order valence-electron chi connectivity index (χ1n) is 7.61. The van der Waals surface area contributed by atoms with Gasteiger partial charge in [0, 0.05) is 11.1 Å². The maximum atomic E-state index is 12.3. The molecular weight excluding hydrogens is 354 g/mol. The zero-order valence-electron chi connectivity index (χ0n) is 13.9. The van der Waals surface area contributed by atoms with E-state index in [0.717, 1.165) is 26.2 Å². The van der Waals surface area contributed by atoms with E-state index in [4.69, 9.17) is 4.74 Å². The standard InChI is InChI=1S/C18H17N3O2S2/c1-12-9-20-13(10-19-12)11-21-18(22)16-7-8-17(25-16)24-15-5-3-14(23-2)4-6-15/h3-10H,11H2,1-2H3,(H,21,22). The Morgan fingerprint density at radius 3 is 2.64 bits per heavy atom. The van der Waals surface area contributed by atoms with Crippen molar-refractivity contribution >= 4 is 29.0 Å². The van der Waals surface area contributed by atoms with Crippen LogP contribution in [0.5, 0.6) is 5.75 Å². The predicted octanol–water partition coefficient (Wildman–Crippen LogP) is 3.94. The van der Waals surface area contributed by atoms with Gasteiger partial charge < -0.3 is 10.1 Å². The van der Waals surface area contributed by atoms with E-state index < -0.39 is 0 Å². The molecule has 0 aliphatic heterocycles. The van der Waals surface area contributed by atoms with E-state index in [2.05, 4.69) is 15.3 Å². The van der Waals surface area contributed by atoms with E-state index in [0.29, 0.717) is 11.4 Å². The van der Waals surface area contributed by atoms with Gasteiger partial charge in [-0.3, -0.25) is 14.8 Å². The van der Waals surface area contributed by atoms with E-state index in [1.165, 1.54) is 11.3 Å². The Bertz CT molecular complexity index is 846. The number of nitrogens with one attached hydrogen (secondary N) is 1. The van der Waals surface area contributed by atoms with Crippen molar-refractivity contribution in [2.24, 2.45) is 0 Å². The first-order valence-corrected chi connectivity index (χ1v) is 9.25. The van der Waals surface area contributed by atoms with Crippen LogP contribution < -0.4 is 10.1 Å². The number of thiophene rings is 1. The molecule has 0 radical (unpaired) electrons. The van der Waals surface area contributed by atoms with Crippen LogP contribution in [-0.4, -0.2) is 23.0 Å². The van der Waals surface area contributed by atoms with Crippen LogP contribution in [0.15, 0.2) is 57.9 Å². The molecule has 3 rings (SSSR count). The molecule has 1 amide bonds. The number of methoxy groups -OCH3 is 1. The van der Waals surface area contributed by atoms with Gasteiger partial charge in [0.2, 0.25) is 0 Å². The van der Waals surface area contributed by atoms with Crippen LogP contribution >= 0.6 is 23.1 Å². The molecule has 0 atom stereocenters. The Morgan fingerprint density at radius 1 is 1.16 bits per heavy atom. The van der Waals surface area contributed by atoms with Crippen LogP contribution in [0.2, 0.25) is 0 Å². The van der Waals surface area contributed by atoms with Gasteiger partial charge in [0.25, 0.3) is 5.91 Å². The van der Waals surface area contributed by atoms with Crippen molar-refractivity contribution < 1.29 is 9.53 Å². The number of hydrogen-bond donors (Lipinski definition) is 1. The number of carbonyl (C=O) groups excluding carboxylic acids is 1. The van der Waals surface area contributed by atoms with Gasteiger partial charge >= 0.3 is 0 Å². The highest BCUT2D eigenvalue weighted by atomic mass is 32.2. The SMILES string of the molecule is COc1ccc(Sc2ccc(C(=O)NCc3cnc(C)cn3)s2)cc1. The molecule has 25 heavy (non-hydrogen) atoms. The van der Waals surface area contributed by atoms with Crippen molar-refractivity contribution in [1.29, 1.82) is 0 Å². The van der Waals surface area contributed by atoms with Gasteiger partial charge in [0.05, 0.1) is 40.3 Å². The summed E-state index contributed by atoms with van der Waals surface area (Å²) < 4.78 is 6.22. The van der Waals surface area contributed by atoms with Crippen molar-refractivity contribution in [3.63, 3.8) is 0 Å². The van der Waals surface area contributed by atoms with Gasteiger partial charge in [0.1, 0.15) is 5.75 Å². The Labute approximate surface area is 154 Å². The third kappa shape index (κ3) is 4.80. The first-order chi connectivity index (χ1) is 12.1. The smallest absolute Gasteiger partial charge is 0.261 e. The van der Waals surface area contributed by atoms with Crippen LogP contribution in [-0.2, 0) is 6.54 Å². The van der Waals surface area contributed by atoms with E-state index in [-0.39, 0.29) is 5.91 Å². The molecular formula is C18H17N3O2S2. The fourth-order valence-corrected chi connectivity index (χ4v) is 4.04. The van der Waals surface area contributed by atoms with Gasteiger partial charge in [-0.2, -0.15) is 0 Å². The zero-order valence-corrected chi connectivity index (χ0v) is 15.5. The maximum Gasteiger partial charge on any atom is 0.261 e. The Hall–Kier alpha value is -2.38. The lowest BCUT2D eigenvalue weighted by Gasteiger charge is -2.03. The van der Waals surface area contributed by atoms with Gasteiger partial charge in [0.15, 0.2) is 0 Å². The number of aromatic nitrogens is 2. The molecule has 0 saturated carbocycles. The number of rotatable bonds is 6. The second-order valence-corrected chi connectivity index (χ2v) is 7.69. The molecule has 3 aromatic rings. The molecule has 1 aromatic carbocycles. The normalized spacial score (nSPS) is 10.5. The Morgan fingerprint density at radius 2 is 1.96 bits per heavy atom. The fourth-order valence-electron chi connectivity index (χ4n) is 2.03. The molecule has 0 aliphatic rings. The van der Waals surface area contributed by atoms with Gasteiger partial charge in [-0.15, -0.1) is 11.3 Å². The zero-order chi connectivity index (χ0) is 17.6. The van der Waals surface area contributed by atoms with Crippen molar-refractivity contribution in [1.82, 2.24) is 15.3 Å². The molecule has 0 fully saturated rings. The summed E-state index contributed by atoms with van der Waals surface area (Å²) in [6.45, 7) is 2.24. The quantitative estimate of drug-likeness (QED) is 0.711. The Kier molecular flexibility index (Phi) is 5.67. The van der Waals surface area contributed by atoms with Crippen molar-refractivity contribution in [2.75, 3.05) is 7.11 Å². The van der Waals surface area contributed by atoms with Crippen LogP contribution in [0.3, 0.4) is 0 Å². The molecule has 7 heteroatoms. The number of amides is 1. The summed E-state index contributed by atoms with van der Waals surface area (Å²) in [6, 6.07) is 11.6. The number of nitrogens with zero attached hydrogens (tertiary/aromatic N) is 2. The van der Waals surface area contributed by atoms with Crippen LogP contribution in [0, 0.1) is 6.92 Å². The summed E-state index contributed by atoms with van der Waals surface area (Å²) in [5, 5.41) is 2.87. The monoisotopic (exact) mass is 371 g/mol. The van der Waals surface area contributed by atoms with E-state index in [1.54, 1.807) is 31.3 Å². The number of carbonyl (C=O) groups is 1. The lowest BCUT2D eigenvalue weighted by molar-refractivity contribution is 0.0954. The van der Waals surface area contributed by atoms with Crippen molar-refractivity contribution in [2.45, 2.75) is 22.6 Å². The molecule has 0 saturated heterocycles. The Balaban J connectivity index is 1.58. The lowest BCUT2D eigenvalue weighted by atomic mass is 10.3. The highest BCUT2D eigenvalue weighted by Gasteiger charge is 2.10. The summed E-state index contributed by atoms with van der Waals surface area (Å²) in [4.78, 5) is 22.4. The number of aryl methyl sites for hydroxylation is 1. The summed E-state index contributed by atoms with van der Waals surface area (Å²) in [5.74, 6) is 0.726. The highest BCUT2D eigenvalue weighted by Crippen LogP contribution is 2.34. The lowest BCUT2D eigenvalue weighted by Crippen LogP contribution is -2.22. The van der Waals surface area contributed by atoms with E-state index >= 15 is 0 Å². The third-order valence-electron chi connectivity index (χ3n) is 3.35. The largest absolute Gasteiger partial charge is 0.497 e. The summed E-state index contributed by atoms with van der Waals surface area (Å²) >= 11 is 3.09. The molecule has 2 aromatic heterocycles. The van der Waals surface area contributed by atoms with Gasteiger partial charge in [-0.05, 0) is 43.3 Å². The molecule has 0 spiro atoms. The molecule has 5 nitrogen and oxygen atoms in total. The first kappa shape index (κ1) is 17.4. The van der Waals surface area contributed by atoms with Crippen LogP contribution in [0.25, 0.3) is 0 Å². The van der Waals surface area contributed by atoms with Crippen LogP contribution in [0.4, 0.5) is 0 Å². The van der Waals surface area contributed by atoms with Gasteiger partial charge in [-0.25, -0.2) is 0 Å². The third-order valence-corrected chi connectivity index (χ3v) is 5.57. The van der Waals surface area contributed by atoms with Crippen molar-refractivity contribution in [3.05, 3.63) is 65.1 Å². The van der Waals surface area contributed by atoms with Crippen LogP contribution in [0.1, 0.15) is 21.1 Å². The molecule has 2 heterocycles. The van der Waals surface area contributed by atoms with Crippen molar-refractivity contribution in [3.8, 4) is 5.75 Å². The molecule has 0 bridgehead atoms. The van der Waals surface area contributed by atoms with Gasteiger partial charge in [-0.1, -0.05) is 11.8 Å².